The SMILES string of the molecule is Cc1ccc(C(=O)N2CCCC(C(C)N)C2)o1. The van der Waals surface area contributed by atoms with Gasteiger partial charge in [0.25, 0.3) is 5.91 Å². The van der Waals surface area contributed by atoms with Crippen molar-refractivity contribution in [3.63, 3.8) is 0 Å². The van der Waals surface area contributed by atoms with Gasteiger partial charge in [-0.05, 0) is 44.7 Å². The molecule has 2 heterocycles. The average Bonchev–Trinajstić information content (AvgIpc) is 2.75. The molecule has 0 radical (unpaired) electrons. The van der Waals surface area contributed by atoms with E-state index >= 15 is 0 Å². The molecule has 0 bridgehead atoms. The second kappa shape index (κ2) is 4.92. The highest BCUT2D eigenvalue weighted by molar-refractivity contribution is 5.91. The van der Waals surface area contributed by atoms with E-state index in [1.807, 2.05) is 24.8 Å². The summed E-state index contributed by atoms with van der Waals surface area (Å²) in [5, 5.41) is 0. The standard InChI is InChI=1S/C13H20N2O2/c1-9-5-6-12(17-9)13(16)15-7-3-4-11(8-15)10(2)14/h5-6,10-11H,3-4,7-8,14H2,1-2H3. The van der Waals surface area contributed by atoms with Crippen LogP contribution in [0.4, 0.5) is 0 Å². The summed E-state index contributed by atoms with van der Waals surface area (Å²) in [7, 11) is 0. The molecule has 0 aromatic carbocycles. The first kappa shape index (κ1) is 12.2. The van der Waals surface area contributed by atoms with Crippen molar-refractivity contribution in [1.82, 2.24) is 4.90 Å². The lowest BCUT2D eigenvalue weighted by molar-refractivity contribution is 0.0627. The van der Waals surface area contributed by atoms with Gasteiger partial charge in [0, 0.05) is 19.1 Å². The number of piperidine rings is 1. The van der Waals surface area contributed by atoms with Crippen LogP contribution in [0.5, 0.6) is 0 Å². The monoisotopic (exact) mass is 236 g/mol. The maximum Gasteiger partial charge on any atom is 0.289 e. The summed E-state index contributed by atoms with van der Waals surface area (Å²) in [5.41, 5.74) is 5.91. The van der Waals surface area contributed by atoms with Gasteiger partial charge in [0.1, 0.15) is 5.76 Å². The number of carbonyl (C=O) groups is 1. The molecule has 2 unspecified atom stereocenters. The van der Waals surface area contributed by atoms with Crippen molar-refractivity contribution in [3.05, 3.63) is 23.7 Å². The van der Waals surface area contributed by atoms with E-state index in [0.717, 1.165) is 31.7 Å². The van der Waals surface area contributed by atoms with Crippen LogP contribution in [0.2, 0.25) is 0 Å². The molecule has 2 atom stereocenters. The Morgan fingerprint density at radius 1 is 1.59 bits per heavy atom. The summed E-state index contributed by atoms with van der Waals surface area (Å²) in [6, 6.07) is 3.71. The van der Waals surface area contributed by atoms with Crippen molar-refractivity contribution in [3.8, 4) is 0 Å². The minimum absolute atomic E-state index is 0.0107. The van der Waals surface area contributed by atoms with E-state index in [-0.39, 0.29) is 11.9 Å². The predicted molar refractivity (Wildman–Crippen MR) is 65.7 cm³/mol. The lowest BCUT2D eigenvalue weighted by Crippen LogP contribution is -2.44. The Hall–Kier alpha value is -1.29. The Morgan fingerprint density at radius 2 is 2.35 bits per heavy atom. The van der Waals surface area contributed by atoms with Crippen LogP contribution in [0.3, 0.4) is 0 Å². The topological polar surface area (TPSA) is 59.5 Å². The van der Waals surface area contributed by atoms with E-state index in [2.05, 4.69) is 0 Å². The molecular formula is C13H20N2O2. The second-order valence-corrected chi connectivity index (χ2v) is 4.92. The van der Waals surface area contributed by atoms with Gasteiger partial charge in [0.05, 0.1) is 0 Å². The first-order valence-electron chi connectivity index (χ1n) is 6.19. The molecule has 0 saturated carbocycles. The highest BCUT2D eigenvalue weighted by atomic mass is 16.3. The van der Waals surface area contributed by atoms with Crippen LogP contribution < -0.4 is 5.73 Å². The van der Waals surface area contributed by atoms with Crippen LogP contribution in [0, 0.1) is 12.8 Å². The molecule has 1 fully saturated rings. The lowest BCUT2D eigenvalue weighted by atomic mass is 9.92. The Bertz CT molecular complexity index is 398. The minimum Gasteiger partial charge on any atom is -0.456 e. The summed E-state index contributed by atoms with van der Waals surface area (Å²) in [5.74, 6) is 1.61. The van der Waals surface area contributed by atoms with Crippen molar-refractivity contribution in [2.75, 3.05) is 13.1 Å². The number of furan rings is 1. The van der Waals surface area contributed by atoms with Crippen LogP contribution in [-0.4, -0.2) is 29.9 Å². The molecule has 94 valence electrons. The molecule has 2 rings (SSSR count). The fourth-order valence-electron chi connectivity index (χ4n) is 2.33. The molecule has 2 N–H and O–H groups in total. The number of rotatable bonds is 2. The van der Waals surface area contributed by atoms with Gasteiger partial charge in [-0.15, -0.1) is 0 Å². The number of hydrogen-bond acceptors (Lipinski definition) is 3. The van der Waals surface area contributed by atoms with Gasteiger partial charge < -0.3 is 15.1 Å². The maximum absolute atomic E-state index is 12.2. The molecule has 0 aliphatic carbocycles. The molecule has 4 heteroatoms. The van der Waals surface area contributed by atoms with Crippen molar-refractivity contribution >= 4 is 5.91 Å². The first-order valence-corrected chi connectivity index (χ1v) is 6.19. The van der Waals surface area contributed by atoms with E-state index in [1.54, 1.807) is 6.07 Å². The summed E-state index contributed by atoms with van der Waals surface area (Å²) >= 11 is 0. The summed E-state index contributed by atoms with van der Waals surface area (Å²) in [4.78, 5) is 14.0. The molecular weight excluding hydrogens is 216 g/mol. The van der Waals surface area contributed by atoms with Gasteiger partial charge in [-0.2, -0.15) is 0 Å². The Labute approximate surface area is 102 Å². The number of hydrogen-bond donors (Lipinski definition) is 1. The van der Waals surface area contributed by atoms with Crippen LogP contribution in [0.15, 0.2) is 16.5 Å². The number of nitrogens with zero attached hydrogens (tertiary/aromatic N) is 1. The molecule has 4 nitrogen and oxygen atoms in total. The third-order valence-corrected chi connectivity index (χ3v) is 3.44. The average molecular weight is 236 g/mol. The quantitative estimate of drug-likeness (QED) is 0.851. The molecule has 1 amide bonds. The van der Waals surface area contributed by atoms with Crippen LogP contribution >= 0.6 is 0 Å². The Morgan fingerprint density at radius 3 is 2.94 bits per heavy atom. The zero-order valence-electron chi connectivity index (χ0n) is 10.5. The van der Waals surface area contributed by atoms with Gasteiger partial charge in [-0.1, -0.05) is 0 Å². The molecule has 1 aromatic rings. The van der Waals surface area contributed by atoms with Crippen molar-refractivity contribution in [2.24, 2.45) is 11.7 Å². The second-order valence-electron chi connectivity index (χ2n) is 4.92. The van der Waals surface area contributed by atoms with Gasteiger partial charge in [-0.3, -0.25) is 4.79 Å². The first-order chi connectivity index (χ1) is 8.08. The third-order valence-electron chi connectivity index (χ3n) is 3.44. The molecule has 1 saturated heterocycles. The molecule has 1 aliphatic heterocycles. The van der Waals surface area contributed by atoms with Crippen LogP contribution in [-0.2, 0) is 0 Å². The zero-order chi connectivity index (χ0) is 12.4. The van der Waals surface area contributed by atoms with E-state index in [9.17, 15) is 4.79 Å². The molecule has 17 heavy (non-hydrogen) atoms. The number of carbonyl (C=O) groups excluding carboxylic acids is 1. The van der Waals surface area contributed by atoms with Gasteiger partial charge in [0.2, 0.25) is 0 Å². The number of amides is 1. The van der Waals surface area contributed by atoms with E-state index in [0.29, 0.717) is 11.7 Å². The number of nitrogens with two attached hydrogens (primary N) is 1. The fraction of sp³-hybridized carbons (Fsp3) is 0.615. The van der Waals surface area contributed by atoms with Gasteiger partial charge in [-0.25, -0.2) is 0 Å². The van der Waals surface area contributed by atoms with Crippen LogP contribution in [0.1, 0.15) is 36.1 Å². The Kier molecular flexibility index (Phi) is 3.52. The van der Waals surface area contributed by atoms with E-state index < -0.39 is 0 Å². The normalized spacial score (nSPS) is 22.5. The predicted octanol–water partition coefficient (Wildman–Crippen LogP) is 1.79. The maximum atomic E-state index is 12.2. The van der Waals surface area contributed by atoms with Crippen molar-refractivity contribution in [2.45, 2.75) is 32.7 Å². The van der Waals surface area contributed by atoms with Crippen molar-refractivity contribution in [1.29, 1.82) is 0 Å². The highest BCUT2D eigenvalue weighted by Crippen LogP contribution is 2.21. The van der Waals surface area contributed by atoms with Crippen molar-refractivity contribution < 1.29 is 9.21 Å². The summed E-state index contributed by atoms with van der Waals surface area (Å²) < 4.78 is 5.37. The smallest absolute Gasteiger partial charge is 0.289 e. The molecule has 1 aromatic heterocycles. The van der Waals surface area contributed by atoms with E-state index in [1.165, 1.54) is 0 Å². The van der Waals surface area contributed by atoms with Crippen LogP contribution in [0.25, 0.3) is 0 Å². The highest BCUT2D eigenvalue weighted by Gasteiger charge is 2.27. The third kappa shape index (κ3) is 2.69. The fourth-order valence-corrected chi connectivity index (χ4v) is 2.33. The van der Waals surface area contributed by atoms with E-state index in [4.69, 9.17) is 10.2 Å². The largest absolute Gasteiger partial charge is 0.456 e. The van der Waals surface area contributed by atoms with Gasteiger partial charge >= 0.3 is 0 Å². The minimum atomic E-state index is -0.0107. The number of likely N-dealkylation sites (tertiary alicyclic amines) is 1. The van der Waals surface area contributed by atoms with Gasteiger partial charge in [0.15, 0.2) is 5.76 Å². The lowest BCUT2D eigenvalue weighted by Gasteiger charge is -2.34. The molecule has 1 aliphatic rings. The zero-order valence-corrected chi connectivity index (χ0v) is 10.5. The summed E-state index contributed by atoms with van der Waals surface area (Å²) in [6.45, 7) is 5.41. The summed E-state index contributed by atoms with van der Waals surface area (Å²) in [6.07, 6.45) is 2.14. The Balaban J connectivity index is 2.04. The number of aryl methyl sites for hydroxylation is 1. The molecule has 0 spiro atoms.